The highest BCUT2D eigenvalue weighted by atomic mass is 33.1. The van der Waals surface area contributed by atoms with E-state index in [-0.39, 0.29) is 44.4 Å². The van der Waals surface area contributed by atoms with Crippen molar-refractivity contribution in [3.05, 3.63) is 120 Å². The van der Waals surface area contributed by atoms with Crippen LogP contribution in [0.4, 0.5) is 0 Å². The van der Waals surface area contributed by atoms with Gasteiger partial charge in [0.05, 0.1) is 12.5 Å². The van der Waals surface area contributed by atoms with E-state index in [9.17, 15) is 53.4 Å². The molecule has 14 N–H and O–H groups in total. The summed E-state index contributed by atoms with van der Waals surface area (Å²) in [5, 5.41) is 41.1. The number of hydrogen-bond acceptors (Lipinski definition) is 13. The van der Waals surface area contributed by atoms with Crippen molar-refractivity contribution in [1.82, 2.24) is 42.2 Å². The maximum Gasteiger partial charge on any atom is 0.326 e. The molecule has 21 nitrogen and oxygen atoms in total. The first-order valence-electron chi connectivity index (χ1n) is 25.5. The first-order chi connectivity index (χ1) is 37.1. The Hall–Kier alpha value is -7.47. The molecule has 0 aliphatic carbocycles. The van der Waals surface area contributed by atoms with Crippen LogP contribution >= 0.6 is 21.6 Å². The van der Waals surface area contributed by atoms with Gasteiger partial charge in [0.1, 0.15) is 42.3 Å². The summed E-state index contributed by atoms with van der Waals surface area (Å²) in [6.07, 6.45) is 0.765. The van der Waals surface area contributed by atoms with Gasteiger partial charge in [0.25, 0.3) is 0 Å². The molecule has 1 saturated heterocycles. The molecule has 6 rings (SSSR count). The number of benzene rings is 4. The minimum Gasteiger partial charge on any atom is -0.481 e. The minimum absolute atomic E-state index is 0.0131. The Morgan fingerprint density at radius 3 is 1.91 bits per heavy atom. The third-order valence-corrected chi connectivity index (χ3v) is 16.6. The van der Waals surface area contributed by atoms with Gasteiger partial charge in [-0.25, -0.2) is 4.79 Å². The predicted octanol–water partition coefficient (Wildman–Crippen LogP) is 2.20. The highest BCUT2D eigenvalue weighted by Crippen LogP contribution is 2.39. The van der Waals surface area contributed by atoms with E-state index < -0.39 is 119 Å². The third kappa shape index (κ3) is 16.3. The second-order valence-electron chi connectivity index (χ2n) is 20.0. The van der Waals surface area contributed by atoms with Gasteiger partial charge in [-0.15, -0.1) is 0 Å². The maximum atomic E-state index is 14.9. The standard InChI is InChI=1S/C55H68N10O11S2/c1-30(2)45(54(75)76)64-52(73)43-29-77-78-55(3,4)46(65-47(68)37(57)27-44(66)67)53(74)62-40(24-31-14-6-5-7-15-31)49(70)61-42(26-34-28-58-38-21-11-10-20-36(34)38)50(71)59-39(22-13-23-56)48(69)60-41(51(72)63-43)25-33-18-12-17-32-16-8-9-19-35(32)33/h5-12,14-21,28,30,37,39-43,45-46,58H,13,22-27,29,56-57H2,1-4H3,(H,59,71)(H,60,69)(H,61,70)(H,62,74)(H,63,72)(H,64,73)(H,65,68)(H,66,67)(H,75,76)/t37-,39-,40-,41-,42+,43-,45-,46+/m0/s1. The first-order valence-corrected chi connectivity index (χ1v) is 27.9. The zero-order valence-electron chi connectivity index (χ0n) is 43.7. The summed E-state index contributed by atoms with van der Waals surface area (Å²) in [4.78, 5) is 130. The summed E-state index contributed by atoms with van der Waals surface area (Å²) in [6, 6.07) is 17.2. The number of fused-ring (bicyclic) bond motifs is 2. The molecule has 78 heavy (non-hydrogen) atoms. The Balaban J connectivity index is 1.49. The van der Waals surface area contributed by atoms with Crippen molar-refractivity contribution in [2.24, 2.45) is 17.4 Å². The number of nitrogens with two attached hydrogens (primary N) is 2. The summed E-state index contributed by atoms with van der Waals surface area (Å²) in [5.74, 6) is -9.66. The summed E-state index contributed by atoms with van der Waals surface area (Å²) in [5.41, 5.74) is 14.6. The molecule has 1 aromatic heterocycles. The second-order valence-corrected chi connectivity index (χ2v) is 23.0. The molecule has 416 valence electrons. The summed E-state index contributed by atoms with van der Waals surface area (Å²) < 4.78 is -1.41. The van der Waals surface area contributed by atoms with Crippen molar-refractivity contribution in [2.45, 2.75) is 119 Å². The van der Waals surface area contributed by atoms with Crippen LogP contribution in [-0.4, -0.2) is 134 Å². The van der Waals surface area contributed by atoms with Crippen LogP contribution in [0.1, 0.15) is 63.6 Å². The lowest BCUT2D eigenvalue weighted by atomic mass is 9.97. The van der Waals surface area contributed by atoms with Gasteiger partial charge in [-0.1, -0.05) is 126 Å². The fraction of sp³-hybridized carbons (Fsp3) is 0.400. The van der Waals surface area contributed by atoms with Crippen molar-refractivity contribution >= 4 is 96.6 Å². The Bertz CT molecular complexity index is 2970. The van der Waals surface area contributed by atoms with E-state index in [1.807, 2.05) is 54.6 Å². The molecule has 23 heteroatoms. The number of carbonyl (C=O) groups is 9. The van der Waals surface area contributed by atoms with Crippen molar-refractivity contribution in [3.8, 4) is 0 Å². The van der Waals surface area contributed by atoms with Crippen molar-refractivity contribution in [3.63, 3.8) is 0 Å². The van der Waals surface area contributed by atoms with Gasteiger partial charge >= 0.3 is 11.9 Å². The predicted molar refractivity (Wildman–Crippen MR) is 298 cm³/mol. The van der Waals surface area contributed by atoms with Gasteiger partial charge in [0.2, 0.25) is 41.4 Å². The normalized spacial score (nSPS) is 21.7. The Morgan fingerprint density at radius 2 is 1.26 bits per heavy atom. The first kappa shape index (κ1) is 59.8. The molecule has 0 bridgehead atoms. The van der Waals surface area contributed by atoms with Crippen molar-refractivity contribution in [1.29, 1.82) is 0 Å². The fourth-order valence-corrected chi connectivity index (χ4v) is 11.8. The smallest absolute Gasteiger partial charge is 0.326 e. The van der Waals surface area contributed by atoms with E-state index in [4.69, 9.17) is 11.5 Å². The summed E-state index contributed by atoms with van der Waals surface area (Å²) in [6.45, 7) is 6.44. The molecule has 2 heterocycles. The number of amides is 7. The largest absolute Gasteiger partial charge is 0.481 e. The highest BCUT2D eigenvalue weighted by molar-refractivity contribution is 8.77. The van der Waals surface area contributed by atoms with Gasteiger partial charge in [0.15, 0.2) is 0 Å². The van der Waals surface area contributed by atoms with E-state index in [0.717, 1.165) is 43.3 Å². The molecular weight excluding hydrogens is 1040 g/mol. The second kappa shape index (κ2) is 27.7. The minimum atomic E-state index is -1.61. The van der Waals surface area contributed by atoms with E-state index in [2.05, 4.69) is 42.2 Å². The SMILES string of the molecule is CC(C)[C@H](NC(=O)[C@@H]1CSSC(C)(C)[C@H](NC(=O)[C@@H](N)CC(=O)O)C(=O)N[C@@H](Cc2ccccc2)C(=O)N[C@H](Cc2c[nH]c3ccccc23)C(=O)N[C@@H](CCCN)C(=O)N[C@@H](Cc2cccc3ccccc23)C(=O)N1)C(=O)O. The van der Waals surface area contributed by atoms with Crippen LogP contribution in [0.5, 0.6) is 0 Å². The van der Waals surface area contributed by atoms with Gasteiger partial charge in [0, 0.05) is 46.9 Å². The monoisotopic (exact) mass is 1110 g/mol. The third-order valence-electron chi connectivity index (χ3n) is 13.3. The van der Waals surface area contributed by atoms with Crippen LogP contribution in [-0.2, 0) is 62.4 Å². The van der Waals surface area contributed by atoms with Crippen LogP contribution in [0.3, 0.4) is 0 Å². The van der Waals surface area contributed by atoms with Crippen LogP contribution in [0.25, 0.3) is 21.7 Å². The lowest BCUT2D eigenvalue weighted by Gasteiger charge is -2.35. The molecule has 1 aliphatic heterocycles. The quantitative estimate of drug-likeness (QED) is 0.0594. The van der Waals surface area contributed by atoms with Gasteiger partial charge in [-0.05, 0) is 72.7 Å². The van der Waals surface area contributed by atoms with E-state index in [1.54, 1.807) is 76.4 Å². The molecule has 5 aromatic rings. The number of aliphatic carboxylic acids is 2. The van der Waals surface area contributed by atoms with Crippen molar-refractivity contribution in [2.75, 3.05) is 12.3 Å². The van der Waals surface area contributed by atoms with Crippen LogP contribution in [0, 0.1) is 5.92 Å². The fourth-order valence-electron chi connectivity index (χ4n) is 8.96. The molecule has 0 radical (unpaired) electrons. The lowest BCUT2D eigenvalue weighted by molar-refractivity contribution is -0.143. The molecule has 8 atom stereocenters. The van der Waals surface area contributed by atoms with Crippen LogP contribution in [0.2, 0.25) is 0 Å². The molecule has 1 fully saturated rings. The zero-order chi connectivity index (χ0) is 56.7. The van der Waals surface area contributed by atoms with Crippen LogP contribution in [0.15, 0.2) is 103 Å². The molecule has 0 unspecified atom stereocenters. The van der Waals surface area contributed by atoms with Crippen LogP contribution < -0.4 is 48.7 Å². The summed E-state index contributed by atoms with van der Waals surface area (Å²) in [7, 11) is 1.96. The number of carboxylic acid groups (broad SMARTS) is 2. The van der Waals surface area contributed by atoms with E-state index >= 15 is 0 Å². The topological polar surface area (TPSA) is 346 Å². The number of aromatic nitrogens is 1. The van der Waals surface area contributed by atoms with Crippen molar-refractivity contribution < 1.29 is 53.4 Å². The lowest BCUT2D eigenvalue weighted by Crippen LogP contribution is -2.63. The molecule has 0 saturated carbocycles. The zero-order valence-corrected chi connectivity index (χ0v) is 45.3. The maximum absolute atomic E-state index is 14.9. The van der Waals surface area contributed by atoms with Gasteiger partial charge in [-0.2, -0.15) is 0 Å². The number of carboxylic acids is 2. The Morgan fingerprint density at radius 1 is 0.692 bits per heavy atom. The molecule has 4 aromatic carbocycles. The number of carbonyl (C=O) groups excluding carboxylic acids is 7. The number of aromatic amines is 1. The number of hydrogen-bond donors (Lipinski definition) is 12. The number of H-pyrrole nitrogens is 1. The molecular formula is C55H68N10O11S2. The number of rotatable bonds is 17. The van der Waals surface area contributed by atoms with Gasteiger partial charge in [-0.3, -0.25) is 38.4 Å². The molecule has 1 aliphatic rings. The summed E-state index contributed by atoms with van der Waals surface area (Å²) >= 11 is 0. The van der Waals surface area contributed by atoms with E-state index in [1.165, 1.54) is 0 Å². The molecule has 0 spiro atoms. The average Bonchev–Trinajstić information content (AvgIpc) is 3.83. The van der Waals surface area contributed by atoms with Gasteiger partial charge < -0.3 is 63.9 Å². The Labute approximate surface area is 459 Å². The Kier molecular flexibility index (Phi) is 21.2. The van der Waals surface area contributed by atoms with E-state index in [0.29, 0.717) is 16.7 Å². The molecule has 7 amide bonds. The number of para-hydroxylation sites is 1. The average molecular weight is 1110 g/mol. The number of nitrogens with one attached hydrogen (secondary N) is 8. The highest BCUT2D eigenvalue weighted by Gasteiger charge is 2.42.